The third-order valence-corrected chi connectivity index (χ3v) is 7.25. The Morgan fingerprint density at radius 2 is 1.54 bits per heavy atom. The largest absolute Gasteiger partial charge is 0.0577 e. The molecule has 1 rings (SSSR count). The molecule has 0 spiro atoms. The summed E-state index contributed by atoms with van der Waals surface area (Å²) in [4.78, 5) is 0. The van der Waals surface area contributed by atoms with Crippen molar-refractivity contribution in [1.29, 1.82) is 0 Å². The van der Waals surface area contributed by atoms with Gasteiger partial charge >= 0.3 is 0 Å². The van der Waals surface area contributed by atoms with Gasteiger partial charge in [0.25, 0.3) is 0 Å². The Bertz CT molecular complexity index is 274. The zero-order chi connectivity index (χ0) is 10.0. The van der Waals surface area contributed by atoms with E-state index in [2.05, 4.69) is 61.4 Å². The lowest BCUT2D eigenvalue weighted by Crippen LogP contribution is -2.05. The first-order valence-electron chi connectivity index (χ1n) is 4.54. The van der Waals surface area contributed by atoms with Crippen molar-refractivity contribution in [3.8, 4) is 0 Å². The van der Waals surface area contributed by atoms with Gasteiger partial charge < -0.3 is 0 Å². The van der Waals surface area contributed by atoms with E-state index in [0.717, 1.165) is 0 Å². The van der Waals surface area contributed by atoms with Crippen LogP contribution in [-0.4, -0.2) is 5.66 Å². The Balaban J connectivity index is 3.01. The van der Waals surface area contributed by atoms with Crippen molar-refractivity contribution in [2.75, 3.05) is 0 Å². The van der Waals surface area contributed by atoms with Crippen LogP contribution in [0.4, 0.5) is 0 Å². The molecule has 0 fully saturated rings. The second kappa shape index (κ2) is 4.57. The lowest BCUT2D eigenvalue weighted by Gasteiger charge is -2.15. The number of hydrogen-bond acceptors (Lipinski definition) is 0. The molecule has 0 saturated carbocycles. The molecular weight excluding hydrogens is 243 g/mol. The van der Waals surface area contributed by atoms with Crippen molar-refractivity contribution in [2.45, 2.75) is 33.4 Å². The molecule has 1 atom stereocenters. The molecule has 1 aromatic rings. The summed E-state index contributed by atoms with van der Waals surface area (Å²) < 4.78 is 0. The van der Waals surface area contributed by atoms with E-state index in [1.807, 2.05) is 0 Å². The summed E-state index contributed by atoms with van der Waals surface area (Å²) in [6, 6.07) is 6.79. The molecule has 0 aliphatic heterocycles. The SMILES string of the molecule is Cc1cc(C)cc(P(Br)C(C)C)c1. The number of aryl methyl sites for hydroxylation is 2. The normalized spacial score (nSPS) is 13.4. The monoisotopic (exact) mass is 258 g/mol. The van der Waals surface area contributed by atoms with E-state index >= 15 is 0 Å². The summed E-state index contributed by atoms with van der Waals surface area (Å²) in [5, 5.41) is 1.46. The summed E-state index contributed by atoms with van der Waals surface area (Å²) in [5.74, 6) is 0. The van der Waals surface area contributed by atoms with Gasteiger partial charge in [-0.25, -0.2) is 0 Å². The highest BCUT2D eigenvalue weighted by Crippen LogP contribution is 2.47. The van der Waals surface area contributed by atoms with Crippen molar-refractivity contribution in [2.24, 2.45) is 0 Å². The van der Waals surface area contributed by atoms with E-state index in [4.69, 9.17) is 0 Å². The van der Waals surface area contributed by atoms with E-state index in [9.17, 15) is 0 Å². The molecule has 0 N–H and O–H groups in total. The number of benzene rings is 1. The minimum absolute atomic E-state index is 0.155. The molecule has 0 saturated heterocycles. The average molecular weight is 259 g/mol. The van der Waals surface area contributed by atoms with Crippen LogP contribution < -0.4 is 5.30 Å². The molecule has 0 aliphatic carbocycles. The predicted octanol–water partition coefficient (Wildman–Crippen LogP) is 4.13. The number of rotatable bonds is 2. The molecule has 0 aliphatic rings. The Morgan fingerprint density at radius 3 is 1.92 bits per heavy atom. The Kier molecular flexibility index (Phi) is 3.94. The van der Waals surface area contributed by atoms with Crippen LogP contribution in [0.25, 0.3) is 0 Å². The quantitative estimate of drug-likeness (QED) is 0.700. The Hall–Kier alpha value is 0.130. The second-order valence-electron chi connectivity index (χ2n) is 3.75. The van der Waals surface area contributed by atoms with Crippen molar-refractivity contribution in [3.05, 3.63) is 29.3 Å². The summed E-state index contributed by atoms with van der Waals surface area (Å²) in [5.41, 5.74) is 3.43. The van der Waals surface area contributed by atoms with Gasteiger partial charge in [-0.1, -0.05) is 58.7 Å². The highest BCUT2D eigenvalue weighted by atomic mass is 79.9. The van der Waals surface area contributed by atoms with Gasteiger partial charge in [-0.3, -0.25) is 0 Å². The molecule has 0 radical (unpaired) electrons. The van der Waals surface area contributed by atoms with E-state index in [0.29, 0.717) is 5.66 Å². The van der Waals surface area contributed by atoms with E-state index in [1.54, 1.807) is 0 Å². The van der Waals surface area contributed by atoms with Crippen LogP contribution in [0.1, 0.15) is 25.0 Å². The van der Waals surface area contributed by atoms with Crippen LogP contribution in [0.2, 0.25) is 0 Å². The third kappa shape index (κ3) is 3.07. The second-order valence-corrected chi connectivity index (χ2v) is 8.21. The first-order chi connectivity index (χ1) is 6.00. The minimum atomic E-state index is -0.155. The highest BCUT2D eigenvalue weighted by molar-refractivity contribution is 9.40. The van der Waals surface area contributed by atoms with Crippen molar-refractivity contribution in [3.63, 3.8) is 0 Å². The van der Waals surface area contributed by atoms with E-state index < -0.39 is 0 Å². The van der Waals surface area contributed by atoms with Gasteiger partial charge in [0, 0.05) is 0 Å². The van der Waals surface area contributed by atoms with Crippen LogP contribution in [0.3, 0.4) is 0 Å². The molecule has 2 heteroatoms. The van der Waals surface area contributed by atoms with Gasteiger partial charge in [-0.2, -0.15) is 0 Å². The molecule has 0 amide bonds. The zero-order valence-electron chi connectivity index (χ0n) is 8.63. The lowest BCUT2D eigenvalue weighted by atomic mass is 10.2. The molecule has 1 unspecified atom stereocenters. The van der Waals surface area contributed by atoms with Gasteiger partial charge in [-0.05, 0) is 31.4 Å². The maximum atomic E-state index is 3.78. The van der Waals surface area contributed by atoms with Gasteiger partial charge in [0.15, 0.2) is 0 Å². The van der Waals surface area contributed by atoms with Gasteiger partial charge in [-0.15, -0.1) is 0 Å². The van der Waals surface area contributed by atoms with Crippen LogP contribution in [0.5, 0.6) is 0 Å². The average Bonchev–Trinajstić information content (AvgIpc) is 2.01. The number of halogens is 1. The van der Waals surface area contributed by atoms with Gasteiger partial charge in [0.05, 0.1) is 0 Å². The lowest BCUT2D eigenvalue weighted by molar-refractivity contribution is 1.11. The first-order valence-corrected chi connectivity index (χ1v) is 7.97. The molecule has 1 aromatic carbocycles. The van der Waals surface area contributed by atoms with E-state index in [1.165, 1.54) is 16.4 Å². The summed E-state index contributed by atoms with van der Waals surface area (Å²) >= 11 is 3.78. The fourth-order valence-corrected chi connectivity index (χ4v) is 3.24. The van der Waals surface area contributed by atoms with Crippen LogP contribution in [-0.2, 0) is 0 Å². The maximum Gasteiger partial charge on any atom is -0.00188 e. The maximum absolute atomic E-state index is 3.78. The number of hydrogen-bond donors (Lipinski definition) is 0. The molecule has 0 bridgehead atoms. The van der Waals surface area contributed by atoms with Crippen LogP contribution in [0, 0.1) is 13.8 Å². The zero-order valence-corrected chi connectivity index (χ0v) is 11.1. The molecule has 0 nitrogen and oxygen atoms in total. The van der Waals surface area contributed by atoms with Gasteiger partial charge in [0.1, 0.15) is 0 Å². The van der Waals surface area contributed by atoms with Gasteiger partial charge in [0.2, 0.25) is 0 Å². The molecular formula is C11H16BrP. The van der Waals surface area contributed by atoms with Crippen molar-refractivity contribution < 1.29 is 0 Å². The predicted molar refractivity (Wildman–Crippen MR) is 66.5 cm³/mol. The Morgan fingerprint density at radius 1 is 1.08 bits per heavy atom. The molecule has 72 valence electrons. The first kappa shape index (κ1) is 11.2. The Labute approximate surface area is 90.2 Å². The smallest absolute Gasteiger partial charge is 0.00188 e. The summed E-state index contributed by atoms with van der Waals surface area (Å²) in [6.07, 6.45) is 0. The standard InChI is InChI=1S/C11H16BrP/c1-8(2)13(12)11-6-9(3)5-10(4)7-11/h5-8H,1-4H3. The summed E-state index contributed by atoms with van der Waals surface area (Å²) in [6.45, 7) is 8.69. The molecule has 0 heterocycles. The van der Waals surface area contributed by atoms with E-state index in [-0.39, 0.29) is 6.62 Å². The van der Waals surface area contributed by atoms with Crippen molar-refractivity contribution in [1.82, 2.24) is 0 Å². The molecule has 0 aromatic heterocycles. The van der Waals surface area contributed by atoms with Crippen molar-refractivity contribution >= 4 is 27.4 Å². The van der Waals surface area contributed by atoms with Crippen LogP contribution >= 0.6 is 22.1 Å². The fraction of sp³-hybridized carbons (Fsp3) is 0.455. The van der Waals surface area contributed by atoms with Crippen LogP contribution in [0.15, 0.2) is 18.2 Å². The fourth-order valence-electron chi connectivity index (χ4n) is 1.37. The topological polar surface area (TPSA) is 0 Å². The summed E-state index contributed by atoms with van der Waals surface area (Å²) in [7, 11) is 0. The molecule has 13 heavy (non-hydrogen) atoms. The minimum Gasteiger partial charge on any atom is -0.0577 e. The third-order valence-electron chi connectivity index (χ3n) is 1.91. The highest BCUT2D eigenvalue weighted by Gasteiger charge is 2.11.